The molecule has 0 bridgehead atoms. The van der Waals surface area contributed by atoms with Gasteiger partial charge in [0.15, 0.2) is 5.96 Å². The number of furan rings is 1. The average molecular weight is 479 g/mol. The van der Waals surface area contributed by atoms with Crippen LogP contribution in [0.2, 0.25) is 0 Å². The zero-order valence-corrected chi connectivity index (χ0v) is 19.1. The van der Waals surface area contributed by atoms with Gasteiger partial charge < -0.3 is 20.4 Å². The molecular formula is C18H34IN5O2. The van der Waals surface area contributed by atoms with Gasteiger partial charge in [-0.2, -0.15) is 0 Å². The predicted molar refractivity (Wildman–Crippen MR) is 117 cm³/mol. The Kier molecular flexibility index (Phi) is 11.6. The number of nitrogens with one attached hydrogen (secondary N) is 3. The molecule has 0 saturated carbocycles. The molecule has 0 spiro atoms. The highest BCUT2D eigenvalue weighted by Crippen LogP contribution is 2.20. The Morgan fingerprint density at radius 1 is 1.27 bits per heavy atom. The summed E-state index contributed by atoms with van der Waals surface area (Å²) in [5.41, 5.74) is -0.247. The first-order valence-electron chi connectivity index (χ1n) is 8.83. The van der Waals surface area contributed by atoms with E-state index in [0.29, 0.717) is 12.5 Å². The van der Waals surface area contributed by atoms with E-state index in [-0.39, 0.29) is 48.0 Å². The molecule has 1 aromatic heterocycles. The molecule has 1 amide bonds. The first-order chi connectivity index (χ1) is 11.8. The SMILES string of the molecule is CCN(CC)C(CNC(=NC)NCC(=O)NC(C)(C)C)c1ccco1.I. The van der Waals surface area contributed by atoms with Crippen LogP contribution in [0.1, 0.15) is 46.4 Å². The van der Waals surface area contributed by atoms with Crippen molar-refractivity contribution < 1.29 is 9.21 Å². The number of hydrogen-bond acceptors (Lipinski definition) is 4. The summed E-state index contributed by atoms with van der Waals surface area (Å²) in [6.45, 7) is 12.8. The summed E-state index contributed by atoms with van der Waals surface area (Å²) in [4.78, 5) is 18.4. The van der Waals surface area contributed by atoms with Crippen LogP contribution in [0.3, 0.4) is 0 Å². The summed E-state index contributed by atoms with van der Waals surface area (Å²) in [6.07, 6.45) is 1.69. The third kappa shape index (κ3) is 8.88. The molecule has 26 heavy (non-hydrogen) atoms. The third-order valence-electron chi connectivity index (χ3n) is 3.74. The minimum absolute atomic E-state index is 0. The Balaban J connectivity index is 0.00000625. The molecule has 1 aromatic rings. The van der Waals surface area contributed by atoms with E-state index >= 15 is 0 Å². The molecule has 0 fully saturated rings. The monoisotopic (exact) mass is 479 g/mol. The highest BCUT2D eigenvalue weighted by Gasteiger charge is 2.21. The summed E-state index contributed by atoms with van der Waals surface area (Å²) in [6, 6.07) is 3.99. The fourth-order valence-electron chi connectivity index (χ4n) is 2.60. The first-order valence-corrected chi connectivity index (χ1v) is 8.83. The number of amides is 1. The molecular weight excluding hydrogens is 445 g/mol. The number of likely N-dealkylation sites (N-methyl/N-ethyl adjacent to an activating group) is 1. The molecule has 1 atom stereocenters. The topological polar surface area (TPSA) is 81.9 Å². The number of hydrogen-bond donors (Lipinski definition) is 3. The van der Waals surface area contributed by atoms with Gasteiger partial charge in [-0.05, 0) is 46.0 Å². The molecule has 3 N–H and O–H groups in total. The van der Waals surface area contributed by atoms with Gasteiger partial charge in [0.2, 0.25) is 5.91 Å². The predicted octanol–water partition coefficient (Wildman–Crippen LogP) is 2.36. The zero-order valence-electron chi connectivity index (χ0n) is 16.8. The van der Waals surface area contributed by atoms with Gasteiger partial charge in [-0.3, -0.25) is 14.7 Å². The fourth-order valence-corrected chi connectivity index (χ4v) is 2.60. The second-order valence-corrected chi connectivity index (χ2v) is 6.86. The summed E-state index contributed by atoms with van der Waals surface area (Å²) in [7, 11) is 1.69. The number of halogens is 1. The minimum Gasteiger partial charge on any atom is -0.468 e. The number of rotatable bonds is 8. The van der Waals surface area contributed by atoms with Crippen molar-refractivity contribution in [2.75, 3.05) is 33.2 Å². The van der Waals surface area contributed by atoms with E-state index in [1.807, 2.05) is 32.9 Å². The van der Waals surface area contributed by atoms with E-state index in [9.17, 15) is 4.79 Å². The second kappa shape index (κ2) is 12.2. The van der Waals surface area contributed by atoms with E-state index in [4.69, 9.17) is 4.42 Å². The first kappa shape index (κ1) is 24.7. The maximum Gasteiger partial charge on any atom is 0.239 e. The van der Waals surface area contributed by atoms with Gasteiger partial charge in [0.05, 0.1) is 18.8 Å². The van der Waals surface area contributed by atoms with Gasteiger partial charge in [-0.1, -0.05) is 13.8 Å². The lowest BCUT2D eigenvalue weighted by atomic mass is 10.1. The lowest BCUT2D eigenvalue weighted by molar-refractivity contribution is -0.121. The van der Waals surface area contributed by atoms with Crippen LogP contribution in [0.5, 0.6) is 0 Å². The number of carbonyl (C=O) groups is 1. The van der Waals surface area contributed by atoms with Crippen molar-refractivity contribution in [2.45, 2.75) is 46.2 Å². The van der Waals surface area contributed by atoms with Gasteiger partial charge in [0, 0.05) is 19.1 Å². The average Bonchev–Trinajstić information content (AvgIpc) is 3.06. The maximum atomic E-state index is 11.9. The zero-order chi connectivity index (χ0) is 18.9. The van der Waals surface area contributed by atoms with Crippen molar-refractivity contribution >= 4 is 35.8 Å². The molecule has 7 nitrogen and oxygen atoms in total. The van der Waals surface area contributed by atoms with Crippen LogP contribution in [0.25, 0.3) is 0 Å². The molecule has 0 aliphatic heterocycles. The Morgan fingerprint density at radius 3 is 2.38 bits per heavy atom. The Bertz CT molecular complexity index is 536. The normalized spacial score (nSPS) is 13.1. The lowest BCUT2D eigenvalue weighted by Crippen LogP contribution is -2.49. The lowest BCUT2D eigenvalue weighted by Gasteiger charge is -2.29. The number of carbonyl (C=O) groups excluding carboxylic acids is 1. The maximum absolute atomic E-state index is 11.9. The van der Waals surface area contributed by atoms with E-state index in [2.05, 4.69) is 39.7 Å². The summed E-state index contributed by atoms with van der Waals surface area (Å²) in [5, 5.41) is 9.24. The van der Waals surface area contributed by atoms with Gasteiger partial charge in [0.25, 0.3) is 0 Å². The van der Waals surface area contributed by atoms with Crippen LogP contribution in [0, 0.1) is 0 Å². The van der Waals surface area contributed by atoms with E-state index in [1.165, 1.54) is 0 Å². The number of guanidine groups is 1. The van der Waals surface area contributed by atoms with Crippen LogP contribution < -0.4 is 16.0 Å². The highest BCUT2D eigenvalue weighted by molar-refractivity contribution is 14.0. The molecule has 1 unspecified atom stereocenters. The van der Waals surface area contributed by atoms with Crippen molar-refractivity contribution in [1.82, 2.24) is 20.9 Å². The van der Waals surface area contributed by atoms with Crippen molar-refractivity contribution in [3.63, 3.8) is 0 Å². The molecule has 1 heterocycles. The van der Waals surface area contributed by atoms with Crippen LogP contribution in [0.15, 0.2) is 27.8 Å². The summed E-state index contributed by atoms with van der Waals surface area (Å²) in [5.74, 6) is 1.44. The van der Waals surface area contributed by atoms with Gasteiger partial charge in [0.1, 0.15) is 5.76 Å². The molecule has 150 valence electrons. The largest absolute Gasteiger partial charge is 0.468 e. The molecule has 0 aliphatic rings. The second-order valence-electron chi connectivity index (χ2n) is 6.86. The van der Waals surface area contributed by atoms with Crippen LogP contribution in [-0.2, 0) is 4.79 Å². The third-order valence-corrected chi connectivity index (χ3v) is 3.74. The van der Waals surface area contributed by atoms with Gasteiger partial charge in [-0.15, -0.1) is 24.0 Å². The van der Waals surface area contributed by atoms with Crippen molar-refractivity contribution in [1.29, 1.82) is 0 Å². The quantitative estimate of drug-likeness (QED) is 0.303. The molecule has 0 radical (unpaired) electrons. The fraction of sp³-hybridized carbons (Fsp3) is 0.667. The standard InChI is InChI=1S/C18H33N5O2.HI/c1-7-23(8-2)14(15-10-9-11-25-15)12-20-17(19-6)21-13-16(24)22-18(3,4)5;/h9-11,14H,7-8,12-13H2,1-6H3,(H,22,24)(H2,19,20,21);1H. The molecule has 1 rings (SSSR count). The Labute approximate surface area is 174 Å². The number of aliphatic imine (C=N–C) groups is 1. The summed E-state index contributed by atoms with van der Waals surface area (Å²) >= 11 is 0. The molecule has 8 heteroatoms. The van der Waals surface area contributed by atoms with Gasteiger partial charge >= 0.3 is 0 Å². The van der Waals surface area contributed by atoms with Crippen LogP contribution in [0.4, 0.5) is 0 Å². The Hall–Kier alpha value is -1.29. The van der Waals surface area contributed by atoms with Crippen molar-refractivity contribution in [3.8, 4) is 0 Å². The minimum atomic E-state index is -0.247. The van der Waals surface area contributed by atoms with Gasteiger partial charge in [-0.25, -0.2) is 0 Å². The van der Waals surface area contributed by atoms with E-state index in [1.54, 1.807) is 13.3 Å². The van der Waals surface area contributed by atoms with Crippen molar-refractivity contribution in [2.24, 2.45) is 4.99 Å². The highest BCUT2D eigenvalue weighted by atomic mass is 127. The van der Waals surface area contributed by atoms with Crippen molar-refractivity contribution in [3.05, 3.63) is 24.2 Å². The Morgan fingerprint density at radius 2 is 1.92 bits per heavy atom. The van der Waals surface area contributed by atoms with Crippen LogP contribution in [-0.4, -0.2) is 55.5 Å². The van der Waals surface area contributed by atoms with E-state index < -0.39 is 0 Å². The summed E-state index contributed by atoms with van der Waals surface area (Å²) < 4.78 is 5.59. The van der Waals surface area contributed by atoms with Crippen LogP contribution >= 0.6 is 24.0 Å². The molecule has 0 aromatic carbocycles. The number of nitrogens with zero attached hydrogens (tertiary/aromatic N) is 2. The van der Waals surface area contributed by atoms with E-state index in [0.717, 1.165) is 18.8 Å². The smallest absolute Gasteiger partial charge is 0.239 e. The molecule has 0 saturated heterocycles. The molecule has 0 aliphatic carbocycles.